The first-order valence-electron chi connectivity index (χ1n) is 17.5. The summed E-state index contributed by atoms with van der Waals surface area (Å²) in [7, 11) is 9.20. The van der Waals surface area contributed by atoms with E-state index in [2.05, 4.69) is 62.5 Å². The van der Waals surface area contributed by atoms with Gasteiger partial charge in [-0.25, -0.2) is 4.39 Å². The van der Waals surface area contributed by atoms with Crippen LogP contribution in [-0.4, -0.2) is 177 Å². The van der Waals surface area contributed by atoms with Gasteiger partial charge in [-0.1, -0.05) is 0 Å². The molecule has 6 heterocycles. The Labute approximate surface area is 250 Å². The van der Waals surface area contributed by atoms with Crippen LogP contribution in [0.2, 0.25) is 0 Å². The molecule has 0 bridgehead atoms. The van der Waals surface area contributed by atoms with E-state index in [9.17, 15) is 0 Å². The van der Waals surface area contributed by atoms with Gasteiger partial charge in [-0.2, -0.15) is 0 Å². The molecule has 7 rings (SSSR count). The van der Waals surface area contributed by atoms with E-state index in [1.165, 1.54) is 91.0 Å². The highest BCUT2D eigenvalue weighted by molar-refractivity contribution is 5.08. The third-order valence-electron chi connectivity index (χ3n) is 13.0. The molecule has 6 aliphatic heterocycles. The minimum absolute atomic E-state index is 0.379. The van der Waals surface area contributed by atoms with Crippen molar-refractivity contribution in [1.29, 1.82) is 0 Å². The lowest BCUT2D eigenvalue weighted by Crippen LogP contribution is -2.59. The van der Waals surface area contributed by atoms with Crippen molar-refractivity contribution in [2.24, 2.45) is 23.7 Å². The molecular formula is C33H60FN7. The average Bonchev–Trinajstić information content (AvgIpc) is 3.46. The molecule has 8 heteroatoms. The topological polar surface area (TPSA) is 22.7 Å². The van der Waals surface area contributed by atoms with E-state index in [1.807, 2.05) is 0 Å². The lowest BCUT2D eigenvalue weighted by Gasteiger charge is -2.48. The quantitative estimate of drug-likeness (QED) is 0.438. The third kappa shape index (κ3) is 6.27. The Morgan fingerprint density at radius 1 is 0.683 bits per heavy atom. The van der Waals surface area contributed by atoms with Crippen LogP contribution < -0.4 is 0 Å². The molecule has 234 valence electrons. The number of alkyl halides is 1. The first kappa shape index (κ1) is 29.4. The number of hydrogen-bond acceptors (Lipinski definition) is 7. The molecule has 41 heavy (non-hydrogen) atoms. The molecule has 7 aliphatic rings. The second-order valence-corrected chi connectivity index (χ2v) is 15.9. The molecule has 6 saturated heterocycles. The lowest BCUT2D eigenvalue weighted by atomic mass is 9.79. The summed E-state index contributed by atoms with van der Waals surface area (Å²) in [5, 5.41) is 0. The molecular weight excluding hydrogens is 513 g/mol. The predicted octanol–water partition coefficient (Wildman–Crippen LogP) is 2.09. The van der Waals surface area contributed by atoms with Crippen molar-refractivity contribution in [2.75, 3.05) is 107 Å². The summed E-state index contributed by atoms with van der Waals surface area (Å²) in [6.45, 7) is 13.9. The number of piperazine rings is 1. The summed E-state index contributed by atoms with van der Waals surface area (Å²) in [6, 6.07) is 2.89. The largest absolute Gasteiger partial charge is 0.306 e. The predicted molar refractivity (Wildman–Crippen MR) is 165 cm³/mol. The summed E-state index contributed by atoms with van der Waals surface area (Å²) in [4.78, 5) is 18.4. The maximum absolute atomic E-state index is 16.2. The average molecular weight is 574 g/mol. The summed E-state index contributed by atoms with van der Waals surface area (Å²) < 4.78 is 16.2. The fourth-order valence-electron chi connectivity index (χ4n) is 10.4. The van der Waals surface area contributed by atoms with Crippen LogP contribution >= 0.6 is 0 Å². The number of piperidine rings is 2. The van der Waals surface area contributed by atoms with Crippen LogP contribution in [0.5, 0.6) is 0 Å². The Hall–Kier alpha value is -0.350. The SMILES string of the molecule is CN1CCN(C2CCN(C)C(CC(F)CN3CC4CN(C)CC4C3C3C[C@H]4CCN(CC5CC5)[C@H]4CN3C)C2)CC1. The van der Waals surface area contributed by atoms with Gasteiger partial charge in [0.25, 0.3) is 0 Å². The fourth-order valence-corrected chi connectivity index (χ4v) is 10.4. The van der Waals surface area contributed by atoms with E-state index in [4.69, 9.17) is 0 Å². The standard InChI is InChI=1S/C33H60FN7/c1-35-11-13-39(14-12-35)28-8-9-37(3)29(17-28)16-27(34)21-41-20-26-19-36(2)22-30(26)33(41)31-15-25-7-10-40(18-24-5-6-24)32(25)23-38(31)4/h24-33H,5-23H2,1-4H3/t25-,26?,27?,28?,29?,30?,31?,32+,33?/m1/s1. The molecule has 9 atom stereocenters. The fraction of sp³-hybridized carbons (Fsp3) is 1.00. The Bertz CT molecular complexity index is 880. The van der Waals surface area contributed by atoms with Gasteiger partial charge in [-0.3, -0.25) is 14.7 Å². The van der Waals surface area contributed by atoms with Gasteiger partial charge in [0.15, 0.2) is 0 Å². The van der Waals surface area contributed by atoms with Crippen molar-refractivity contribution >= 4 is 0 Å². The summed E-state index contributed by atoms with van der Waals surface area (Å²) in [5.74, 6) is 3.26. The monoisotopic (exact) mass is 573 g/mol. The van der Waals surface area contributed by atoms with Crippen LogP contribution in [0.4, 0.5) is 4.39 Å². The normalized spacial score (nSPS) is 43.5. The summed E-state index contributed by atoms with van der Waals surface area (Å²) in [5.41, 5.74) is 0. The summed E-state index contributed by atoms with van der Waals surface area (Å²) >= 11 is 0. The van der Waals surface area contributed by atoms with E-state index < -0.39 is 6.17 Å². The summed E-state index contributed by atoms with van der Waals surface area (Å²) in [6.07, 6.45) is 7.99. The van der Waals surface area contributed by atoms with Gasteiger partial charge >= 0.3 is 0 Å². The van der Waals surface area contributed by atoms with Gasteiger partial charge in [0.1, 0.15) is 6.17 Å². The molecule has 0 aromatic rings. The zero-order valence-corrected chi connectivity index (χ0v) is 26.7. The smallest absolute Gasteiger partial charge is 0.114 e. The minimum atomic E-state index is -0.727. The van der Waals surface area contributed by atoms with Gasteiger partial charge in [0.2, 0.25) is 0 Å². The van der Waals surface area contributed by atoms with E-state index >= 15 is 4.39 Å². The molecule has 0 aromatic heterocycles. The maximum Gasteiger partial charge on any atom is 0.114 e. The number of likely N-dealkylation sites (tertiary alicyclic amines) is 5. The number of likely N-dealkylation sites (N-methyl/N-ethyl adjacent to an activating group) is 2. The molecule has 0 amide bonds. The van der Waals surface area contributed by atoms with Crippen LogP contribution in [0.15, 0.2) is 0 Å². The molecule has 7 unspecified atom stereocenters. The van der Waals surface area contributed by atoms with E-state index in [1.54, 1.807) is 0 Å². The Balaban J connectivity index is 0.992. The molecule has 7 fully saturated rings. The van der Waals surface area contributed by atoms with Crippen molar-refractivity contribution in [2.45, 2.75) is 81.3 Å². The zero-order chi connectivity index (χ0) is 28.2. The number of rotatable bonds is 8. The number of halogens is 1. The first-order chi connectivity index (χ1) is 19.8. The van der Waals surface area contributed by atoms with Gasteiger partial charge in [-0.15, -0.1) is 0 Å². The van der Waals surface area contributed by atoms with Crippen molar-refractivity contribution < 1.29 is 4.39 Å². The first-order valence-corrected chi connectivity index (χ1v) is 17.5. The van der Waals surface area contributed by atoms with Gasteiger partial charge < -0.3 is 19.6 Å². The highest BCUT2D eigenvalue weighted by atomic mass is 19.1. The van der Waals surface area contributed by atoms with E-state index in [-0.39, 0.29) is 0 Å². The molecule has 0 aromatic carbocycles. The van der Waals surface area contributed by atoms with Gasteiger partial charge in [-0.05, 0) is 110 Å². The molecule has 0 N–H and O–H groups in total. The molecule has 0 spiro atoms. The van der Waals surface area contributed by atoms with E-state index in [0.717, 1.165) is 43.3 Å². The lowest BCUT2D eigenvalue weighted by molar-refractivity contribution is 0.00889. The maximum atomic E-state index is 16.2. The highest BCUT2D eigenvalue weighted by Gasteiger charge is 2.53. The van der Waals surface area contributed by atoms with Crippen molar-refractivity contribution in [1.82, 2.24) is 34.3 Å². The third-order valence-corrected chi connectivity index (χ3v) is 13.0. The van der Waals surface area contributed by atoms with Gasteiger partial charge in [0, 0.05) is 95.7 Å². The molecule has 1 aliphatic carbocycles. The second-order valence-electron chi connectivity index (χ2n) is 15.9. The van der Waals surface area contributed by atoms with E-state index in [0.29, 0.717) is 43.1 Å². The van der Waals surface area contributed by atoms with Crippen LogP contribution in [0.3, 0.4) is 0 Å². The minimum Gasteiger partial charge on any atom is -0.306 e. The Kier molecular flexibility index (Phi) is 8.74. The molecule has 7 nitrogen and oxygen atoms in total. The van der Waals surface area contributed by atoms with Crippen molar-refractivity contribution in [3.63, 3.8) is 0 Å². The second kappa shape index (κ2) is 12.2. The van der Waals surface area contributed by atoms with Crippen LogP contribution in [0, 0.1) is 23.7 Å². The van der Waals surface area contributed by atoms with Crippen LogP contribution in [0.1, 0.15) is 44.9 Å². The van der Waals surface area contributed by atoms with Crippen LogP contribution in [0.25, 0.3) is 0 Å². The Morgan fingerprint density at radius 3 is 2.27 bits per heavy atom. The number of fused-ring (bicyclic) bond motifs is 2. The molecule has 1 saturated carbocycles. The van der Waals surface area contributed by atoms with Crippen molar-refractivity contribution in [3.8, 4) is 0 Å². The number of nitrogens with zero attached hydrogens (tertiary/aromatic N) is 7. The van der Waals surface area contributed by atoms with Gasteiger partial charge in [0.05, 0.1) is 0 Å². The zero-order valence-electron chi connectivity index (χ0n) is 26.7. The van der Waals surface area contributed by atoms with Crippen LogP contribution in [-0.2, 0) is 0 Å². The Morgan fingerprint density at radius 2 is 1.49 bits per heavy atom. The number of hydrogen-bond donors (Lipinski definition) is 0. The molecule has 0 radical (unpaired) electrons. The highest BCUT2D eigenvalue weighted by Crippen LogP contribution is 2.44. The van der Waals surface area contributed by atoms with Crippen molar-refractivity contribution in [3.05, 3.63) is 0 Å².